The highest BCUT2D eigenvalue weighted by Crippen LogP contribution is 2.20. The highest BCUT2D eigenvalue weighted by Gasteiger charge is 2.16. The molecule has 20 heavy (non-hydrogen) atoms. The number of nitrogens with one attached hydrogen (secondary N) is 2. The lowest BCUT2D eigenvalue weighted by Gasteiger charge is -2.21. The van der Waals surface area contributed by atoms with E-state index in [1.165, 1.54) is 19.3 Å². The Hall–Kier alpha value is -1.56. The van der Waals surface area contributed by atoms with E-state index < -0.39 is 0 Å². The molecule has 0 atom stereocenters. The lowest BCUT2D eigenvalue weighted by atomic mass is 9.98. The molecule has 0 radical (unpaired) electrons. The van der Waals surface area contributed by atoms with Gasteiger partial charge in [0.05, 0.1) is 24.1 Å². The van der Waals surface area contributed by atoms with E-state index in [2.05, 4.69) is 15.5 Å². The Morgan fingerprint density at radius 1 is 1.45 bits per heavy atom. The Labute approximate surface area is 119 Å². The number of rotatable bonds is 6. The number of aryl methyl sites for hydroxylation is 1. The predicted octanol–water partition coefficient (Wildman–Crippen LogP) is 1.63. The smallest absolute Gasteiger partial charge is 0.274 e. The summed E-state index contributed by atoms with van der Waals surface area (Å²) in [7, 11) is 0. The number of hydrogen-bond donors (Lipinski definition) is 3. The molecule has 1 aliphatic rings. The highest BCUT2D eigenvalue weighted by molar-refractivity contribution is 5.97. The highest BCUT2D eigenvalue weighted by atomic mass is 16.5. The lowest BCUT2D eigenvalue weighted by Crippen LogP contribution is -2.30. The summed E-state index contributed by atoms with van der Waals surface area (Å²) in [6.07, 6.45) is 7.19. The maximum atomic E-state index is 11.9. The molecule has 0 saturated heterocycles. The fourth-order valence-corrected chi connectivity index (χ4v) is 2.54. The van der Waals surface area contributed by atoms with E-state index in [0.717, 1.165) is 25.0 Å². The molecule has 1 fully saturated rings. The topological polar surface area (TPSA) is 93.0 Å². The molecule has 1 heterocycles. The summed E-state index contributed by atoms with van der Waals surface area (Å²) < 4.78 is 5.75. The predicted molar refractivity (Wildman–Crippen MR) is 77.5 cm³/mol. The quantitative estimate of drug-likeness (QED) is 0.690. The monoisotopic (exact) mass is 280 g/mol. The van der Waals surface area contributed by atoms with Crippen molar-refractivity contribution in [1.82, 2.24) is 15.5 Å². The van der Waals surface area contributed by atoms with E-state index in [4.69, 9.17) is 10.5 Å². The number of ether oxygens (including phenoxy) is 1. The van der Waals surface area contributed by atoms with Crippen molar-refractivity contribution in [3.8, 4) is 0 Å². The van der Waals surface area contributed by atoms with Gasteiger partial charge in [0.25, 0.3) is 5.91 Å². The van der Waals surface area contributed by atoms with Crippen molar-refractivity contribution in [3.63, 3.8) is 0 Å². The van der Waals surface area contributed by atoms with Crippen LogP contribution in [0.2, 0.25) is 0 Å². The van der Waals surface area contributed by atoms with Gasteiger partial charge in [-0.15, -0.1) is 0 Å². The van der Waals surface area contributed by atoms with Crippen molar-refractivity contribution in [2.24, 2.45) is 0 Å². The maximum Gasteiger partial charge on any atom is 0.274 e. The van der Waals surface area contributed by atoms with E-state index in [-0.39, 0.29) is 11.6 Å². The standard InChI is InChI=1S/C14H24N4O2/c1-2-11-12(15)13(18-17-11)14(19)16-8-9-20-10-6-4-3-5-7-10/h10H,2-9,15H2,1H3,(H,16,19)(H,17,18). The van der Waals surface area contributed by atoms with Crippen molar-refractivity contribution in [2.75, 3.05) is 18.9 Å². The number of carbonyl (C=O) groups is 1. The van der Waals surface area contributed by atoms with Crippen LogP contribution < -0.4 is 11.1 Å². The molecule has 2 rings (SSSR count). The van der Waals surface area contributed by atoms with Crippen molar-refractivity contribution >= 4 is 11.6 Å². The van der Waals surface area contributed by atoms with Crippen LogP contribution in [0.4, 0.5) is 5.69 Å². The van der Waals surface area contributed by atoms with Gasteiger partial charge in [-0.3, -0.25) is 9.89 Å². The molecule has 1 aromatic rings. The normalized spacial score (nSPS) is 16.2. The Morgan fingerprint density at radius 3 is 2.85 bits per heavy atom. The largest absolute Gasteiger partial charge is 0.395 e. The average Bonchev–Trinajstić information content (AvgIpc) is 2.85. The molecule has 6 nitrogen and oxygen atoms in total. The van der Waals surface area contributed by atoms with Crippen LogP contribution in [0.1, 0.15) is 55.2 Å². The van der Waals surface area contributed by atoms with Crippen LogP contribution in [0.3, 0.4) is 0 Å². The second-order valence-corrected chi connectivity index (χ2v) is 5.20. The zero-order valence-electron chi connectivity index (χ0n) is 12.1. The molecule has 1 aliphatic carbocycles. The third-order valence-electron chi connectivity index (χ3n) is 3.74. The number of aromatic amines is 1. The average molecular weight is 280 g/mol. The van der Waals surface area contributed by atoms with Crippen LogP contribution in [-0.2, 0) is 11.2 Å². The van der Waals surface area contributed by atoms with Gasteiger partial charge < -0.3 is 15.8 Å². The number of nitrogen functional groups attached to an aromatic ring is 1. The van der Waals surface area contributed by atoms with Gasteiger partial charge in [0.15, 0.2) is 5.69 Å². The number of nitrogens with two attached hydrogens (primary N) is 1. The minimum atomic E-state index is -0.245. The summed E-state index contributed by atoms with van der Waals surface area (Å²) in [6.45, 7) is 2.99. The van der Waals surface area contributed by atoms with Gasteiger partial charge in [-0.1, -0.05) is 26.2 Å². The van der Waals surface area contributed by atoms with Crippen LogP contribution in [0.25, 0.3) is 0 Å². The molecule has 1 aromatic heterocycles. The SMILES string of the molecule is CCc1[nH]nc(C(=O)NCCOC2CCCCC2)c1N. The van der Waals surface area contributed by atoms with Crippen molar-refractivity contribution in [2.45, 2.75) is 51.6 Å². The first-order valence-electron chi connectivity index (χ1n) is 7.45. The number of nitrogens with zero attached hydrogens (tertiary/aromatic N) is 1. The van der Waals surface area contributed by atoms with Crippen molar-refractivity contribution in [1.29, 1.82) is 0 Å². The molecular weight excluding hydrogens is 256 g/mol. The minimum absolute atomic E-state index is 0.245. The zero-order valence-corrected chi connectivity index (χ0v) is 12.1. The molecule has 0 aliphatic heterocycles. The first-order chi connectivity index (χ1) is 9.72. The second kappa shape index (κ2) is 7.28. The molecule has 1 saturated carbocycles. The summed E-state index contributed by atoms with van der Waals surface area (Å²) >= 11 is 0. The van der Waals surface area contributed by atoms with E-state index in [9.17, 15) is 4.79 Å². The number of aromatic nitrogens is 2. The fourth-order valence-electron chi connectivity index (χ4n) is 2.54. The van der Waals surface area contributed by atoms with Gasteiger partial charge in [-0.25, -0.2) is 0 Å². The van der Waals surface area contributed by atoms with Gasteiger partial charge in [-0.2, -0.15) is 5.10 Å². The third kappa shape index (κ3) is 3.72. The first-order valence-corrected chi connectivity index (χ1v) is 7.45. The molecule has 0 unspecified atom stereocenters. The summed E-state index contributed by atoms with van der Waals surface area (Å²) in [5.41, 5.74) is 7.37. The van der Waals surface area contributed by atoms with Gasteiger partial charge in [0.2, 0.25) is 0 Å². The number of hydrogen-bond acceptors (Lipinski definition) is 4. The van der Waals surface area contributed by atoms with Crippen LogP contribution in [0.5, 0.6) is 0 Å². The van der Waals surface area contributed by atoms with E-state index in [0.29, 0.717) is 24.9 Å². The number of carbonyl (C=O) groups excluding carboxylic acids is 1. The molecule has 112 valence electrons. The second-order valence-electron chi connectivity index (χ2n) is 5.20. The molecule has 0 aromatic carbocycles. The number of anilines is 1. The summed E-state index contributed by atoms with van der Waals surface area (Å²) in [5, 5.41) is 9.52. The van der Waals surface area contributed by atoms with Crippen LogP contribution in [-0.4, -0.2) is 35.4 Å². The maximum absolute atomic E-state index is 11.9. The molecule has 1 amide bonds. The Kier molecular flexibility index (Phi) is 5.40. The Bertz CT molecular complexity index is 438. The molecule has 0 spiro atoms. The van der Waals surface area contributed by atoms with E-state index >= 15 is 0 Å². The first kappa shape index (κ1) is 14.8. The Morgan fingerprint density at radius 2 is 2.20 bits per heavy atom. The fraction of sp³-hybridized carbons (Fsp3) is 0.714. The van der Waals surface area contributed by atoms with Crippen LogP contribution in [0, 0.1) is 0 Å². The van der Waals surface area contributed by atoms with E-state index in [1.807, 2.05) is 6.92 Å². The number of amides is 1. The van der Waals surface area contributed by atoms with Crippen molar-refractivity contribution < 1.29 is 9.53 Å². The van der Waals surface area contributed by atoms with Crippen LogP contribution >= 0.6 is 0 Å². The minimum Gasteiger partial charge on any atom is -0.395 e. The van der Waals surface area contributed by atoms with Crippen molar-refractivity contribution in [3.05, 3.63) is 11.4 Å². The molecule has 4 N–H and O–H groups in total. The summed E-state index contributed by atoms with van der Waals surface area (Å²) in [5.74, 6) is -0.245. The summed E-state index contributed by atoms with van der Waals surface area (Å²) in [4.78, 5) is 11.9. The number of H-pyrrole nitrogens is 1. The molecular formula is C14H24N4O2. The van der Waals surface area contributed by atoms with Gasteiger partial charge >= 0.3 is 0 Å². The Balaban J connectivity index is 1.70. The third-order valence-corrected chi connectivity index (χ3v) is 3.74. The summed E-state index contributed by atoms with van der Waals surface area (Å²) in [6, 6.07) is 0. The van der Waals surface area contributed by atoms with Gasteiger partial charge in [-0.05, 0) is 19.3 Å². The van der Waals surface area contributed by atoms with Gasteiger partial charge in [0.1, 0.15) is 0 Å². The molecule has 6 heteroatoms. The molecule has 0 bridgehead atoms. The van der Waals surface area contributed by atoms with E-state index in [1.54, 1.807) is 0 Å². The van der Waals surface area contributed by atoms with Gasteiger partial charge in [0, 0.05) is 6.54 Å². The van der Waals surface area contributed by atoms with Crippen LogP contribution in [0.15, 0.2) is 0 Å². The lowest BCUT2D eigenvalue weighted by molar-refractivity contribution is 0.0299. The zero-order chi connectivity index (χ0) is 14.4.